The Morgan fingerprint density at radius 1 is 0.771 bits per heavy atom. The van der Waals surface area contributed by atoms with Crippen molar-refractivity contribution in [3.05, 3.63) is 102 Å². The van der Waals surface area contributed by atoms with Gasteiger partial charge in [-0.2, -0.15) is 0 Å². The molecule has 0 spiro atoms. The third-order valence-electron chi connectivity index (χ3n) is 6.28. The largest absolute Gasteiger partial charge is 0.497 e. The smallest absolute Gasteiger partial charge is 0.339 e. The number of carbonyl (C=O) groups is 3. The van der Waals surface area contributed by atoms with Gasteiger partial charge in [0.25, 0.3) is 5.91 Å². The zero-order valence-electron chi connectivity index (χ0n) is 19.6. The summed E-state index contributed by atoms with van der Waals surface area (Å²) in [4.78, 5) is 42.5. The van der Waals surface area contributed by atoms with Crippen LogP contribution in [0.4, 0.5) is 5.69 Å². The first kappa shape index (κ1) is 23.8. The molecule has 1 aliphatic heterocycles. The van der Waals surface area contributed by atoms with Gasteiger partial charge in [0.15, 0.2) is 5.54 Å². The van der Waals surface area contributed by atoms with Crippen molar-refractivity contribution in [1.29, 1.82) is 0 Å². The fraction of sp³-hybridized carbons (Fsp3) is 0.179. The molecule has 0 unspecified atom stereocenters. The summed E-state index contributed by atoms with van der Waals surface area (Å²) in [6.07, 6.45) is 3.08. The number of rotatable bonds is 7. The summed E-state index contributed by atoms with van der Waals surface area (Å²) in [5, 5.41) is 0. The maximum Gasteiger partial charge on any atom is 0.339 e. The quantitative estimate of drug-likeness (QED) is 0.295. The van der Waals surface area contributed by atoms with Crippen LogP contribution >= 0.6 is 0 Å². The van der Waals surface area contributed by atoms with Gasteiger partial charge in [0, 0.05) is 5.69 Å². The van der Waals surface area contributed by atoms with E-state index in [4.69, 9.17) is 14.2 Å². The van der Waals surface area contributed by atoms with E-state index in [1.165, 1.54) is 32.3 Å². The monoisotopic (exact) mass is 471 g/mol. The minimum atomic E-state index is -2.01. The van der Waals surface area contributed by atoms with Crippen LogP contribution in [0, 0.1) is 5.41 Å². The van der Waals surface area contributed by atoms with Crippen molar-refractivity contribution in [3.63, 3.8) is 0 Å². The van der Waals surface area contributed by atoms with E-state index in [9.17, 15) is 14.4 Å². The molecule has 1 aliphatic rings. The van der Waals surface area contributed by atoms with Crippen LogP contribution in [0.25, 0.3) is 6.08 Å². The molecule has 0 radical (unpaired) electrons. The van der Waals surface area contributed by atoms with Crippen LogP contribution in [-0.2, 0) is 29.4 Å². The Labute approximate surface area is 203 Å². The van der Waals surface area contributed by atoms with Crippen molar-refractivity contribution in [2.24, 2.45) is 5.41 Å². The Morgan fingerprint density at radius 2 is 1.34 bits per heavy atom. The van der Waals surface area contributed by atoms with E-state index in [0.29, 0.717) is 17.0 Å². The lowest BCUT2D eigenvalue weighted by Crippen LogP contribution is -2.81. The van der Waals surface area contributed by atoms with Crippen LogP contribution in [0.2, 0.25) is 0 Å². The average Bonchev–Trinajstić information content (AvgIpc) is 2.92. The van der Waals surface area contributed by atoms with Gasteiger partial charge >= 0.3 is 11.9 Å². The first-order valence-electron chi connectivity index (χ1n) is 10.9. The number of ether oxygens (including phenoxy) is 3. The van der Waals surface area contributed by atoms with Crippen molar-refractivity contribution in [2.75, 3.05) is 26.2 Å². The maximum atomic E-state index is 14.0. The van der Waals surface area contributed by atoms with Gasteiger partial charge in [-0.25, -0.2) is 4.79 Å². The summed E-state index contributed by atoms with van der Waals surface area (Å²) in [5.41, 5.74) is -2.31. The molecule has 0 saturated carbocycles. The zero-order valence-corrected chi connectivity index (χ0v) is 19.6. The summed E-state index contributed by atoms with van der Waals surface area (Å²) < 4.78 is 15.6. The molecule has 0 aliphatic carbocycles. The summed E-state index contributed by atoms with van der Waals surface area (Å²) in [6.45, 7) is 0. The van der Waals surface area contributed by atoms with Crippen LogP contribution < -0.4 is 9.64 Å². The molecule has 2 atom stereocenters. The summed E-state index contributed by atoms with van der Waals surface area (Å²) in [5.74, 6) is -1.68. The lowest BCUT2D eigenvalue weighted by Gasteiger charge is -2.59. The summed E-state index contributed by atoms with van der Waals surface area (Å²) in [7, 11) is 3.95. The van der Waals surface area contributed by atoms with Gasteiger partial charge in [-0.05, 0) is 35.4 Å². The summed E-state index contributed by atoms with van der Waals surface area (Å²) >= 11 is 0. The number of benzene rings is 3. The Morgan fingerprint density at radius 3 is 1.89 bits per heavy atom. The molecular weight excluding hydrogens is 446 g/mol. The molecule has 0 N–H and O–H groups in total. The predicted molar refractivity (Wildman–Crippen MR) is 131 cm³/mol. The highest BCUT2D eigenvalue weighted by molar-refractivity contribution is 6.27. The van der Waals surface area contributed by atoms with Gasteiger partial charge in [0.2, 0.25) is 5.41 Å². The molecule has 0 bridgehead atoms. The predicted octanol–water partition coefficient (Wildman–Crippen LogP) is 3.98. The van der Waals surface area contributed by atoms with E-state index < -0.39 is 28.8 Å². The number of hydrogen-bond acceptors (Lipinski definition) is 6. The molecule has 3 aromatic carbocycles. The Hall–Kier alpha value is -4.39. The van der Waals surface area contributed by atoms with Crippen LogP contribution in [0.15, 0.2) is 91.0 Å². The number of methoxy groups -OCH3 is 3. The summed E-state index contributed by atoms with van der Waals surface area (Å²) in [6, 6.07) is 24.5. The van der Waals surface area contributed by atoms with Crippen molar-refractivity contribution in [1.82, 2.24) is 0 Å². The molecule has 1 heterocycles. The van der Waals surface area contributed by atoms with Gasteiger partial charge in [0.05, 0.1) is 21.3 Å². The lowest BCUT2D eigenvalue weighted by molar-refractivity contribution is -0.180. The number of anilines is 1. The Bertz CT molecular complexity index is 1260. The number of carbonyl (C=O) groups excluding carboxylic acids is 3. The van der Waals surface area contributed by atoms with Crippen LogP contribution in [0.5, 0.6) is 5.75 Å². The minimum absolute atomic E-state index is 0.401. The van der Waals surface area contributed by atoms with E-state index in [1.807, 2.05) is 30.3 Å². The van der Waals surface area contributed by atoms with Crippen LogP contribution in [0.1, 0.15) is 11.1 Å². The van der Waals surface area contributed by atoms with Crippen molar-refractivity contribution >= 4 is 29.6 Å². The maximum absolute atomic E-state index is 14.0. The van der Waals surface area contributed by atoms with E-state index in [-0.39, 0.29) is 0 Å². The van der Waals surface area contributed by atoms with Crippen LogP contribution in [0.3, 0.4) is 0 Å². The lowest BCUT2D eigenvalue weighted by atomic mass is 9.56. The second-order valence-electron chi connectivity index (χ2n) is 7.95. The molecule has 1 fully saturated rings. The van der Waals surface area contributed by atoms with E-state index in [0.717, 1.165) is 5.56 Å². The number of amides is 1. The second kappa shape index (κ2) is 9.46. The third-order valence-corrected chi connectivity index (χ3v) is 6.28. The molecule has 4 rings (SSSR count). The standard InChI is InChI=1S/C28H25NO6/c1-33-23-16-14-22(15-17-23)29-24(30)27(25(31)34-2,19-18-20-10-6-4-7-11-20)28(29,26(32)35-3)21-12-8-5-9-13-21/h4-19H,1-3H3/b19-18+/t27-,28-/m1/s1. The SMILES string of the molecule is COC(=O)[C@@]1(/C=C/c2ccccc2)C(=O)N(c2ccc(OC)cc2)[C@@]1(C(=O)OC)c1ccccc1. The fourth-order valence-corrected chi connectivity index (χ4v) is 4.64. The molecule has 3 aromatic rings. The number of hydrogen-bond donors (Lipinski definition) is 0. The molecule has 0 aromatic heterocycles. The van der Waals surface area contributed by atoms with Gasteiger partial charge in [0.1, 0.15) is 5.75 Å². The normalized spacial score (nSPS) is 21.3. The van der Waals surface area contributed by atoms with E-state index >= 15 is 0 Å². The molecule has 178 valence electrons. The molecule has 35 heavy (non-hydrogen) atoms. The minimum Gasteiger partial charge on any atom is -0.497 e. The molecule has 7 nitrogen and oxygen atoms in total. The average molecular weight is 472 g/mol. The zero-order chi connectivity index (χ0) is 25.1. The Balaban J connectivity index is 2.03. The highest BCUT2D eigenvalue weighted by Crippen LogP contribution is 2.59. The van der Waals surface area contributed by atoms with Gasteiger partial charge in [-0.3, -0.25) is 14.5 Å². The highest BCUT2D eigenvalue weighted by atomic mass is 16.5. The molecule has 1 saturated heterocycles. The molecular formula is C28H25NO6. The van der Waals surface area contributed by atoms with Gasteiger partial charge in [-0.1, -0.05) is 72.8 Å². The number of esters is 2. The first-order chi connectivity index (χ1) is 17.0. The second-order valence-corrected chi connectivity index (χ2v) is 7.95. The Kier molecular flexibility index (Phi) is 6.42. The number of nitrogens with zero attached hydrogens (tertiary/aromatic N) is 1. The van der Waals surface area contributed by atoms with Crippen molar-refractivity contribution in [2.45, 2.75) is 5.54 Å². The topological polar surface area (TPSA) is 82.1 Å². The third kappa shape index (κ3) is 3.47. The van der Waals surface area contributed by atoms with Gasteiger partial charge in [-0.15, -0.1) is 0 Å². The number of β-lactam (4-membered cyclic amide) rings is 1. The highest BCUT2D eigenvalue weighted by Gasteiger charge is 2.80. The van der Waals surface area contributed by atoms with E-state index in [1.54, 1.807) is 60.7 Å². The first-order valence-corrected chi connectivity index (χ1v) is 10.9. The van der Waals surface area contributed by atoms with E-state index in [2.05, 4.69) is 0 Å². The van der Waals surface area contributed by atoms with Crippen molar-refractivity contribution in [3.8, 4) is 5.75 Å². The molecule has 7 heteroatoms. The molecule has 1 amide bonds. The van der Waals surface area contributed by atoms with Gasteiger partial charge < -0.3 is 14.2 Å². The van der Waals surface area contributed by atoms with Crippen LogP contribution in [-0.4, -0.2) is 39.2 Å². The fourth-order valence-electron chi connectivity index (χ4n) is 4.64. The van der Waals surface area contributed by atoms with Crippen molar-refractivity contribution < 1.29 is 28.6 Å².